The standard InChI is InChI=1S/C7H9N3O.C7H8N2O2/c1-9-7(11)6-3-2-5(8)4-10-6;1-11-7(10)6-3-2-5(8)4-9-6/h2-4H,8H2,1H3,(H,9,11);2-4H,8H2,1H3. The molecule has 0 saturated heterocycles. The highest BCUT2D eigenvalue weighted by molar-refractivity contribution is 5.92. The van der Waals surface area contributed by atoms with Crippen LogP contribution >= 0.6 is 0 Å². The van der Waals surface area contributed by atoms with Gasteiger partial charge >= 0.3 is 5.97 Å². The Morgan fingerprint density at radius 1 is 1.00 bits per heavy atom. The topological polar surface area (TPSA) is 133 Å². The molecule has 0 radical (unpaired) electrons. The van der Waals surface area contributed by atoms with Crippen molar-refractivity contribution in [3.63, 3.8) is 0 Å². The van der Waals surface area contributed by atoms with Crippen molar-refractivity contribution >= 4 is 23.3 Å². The number of nitrogens with zero attached hydrogens (tertiary/aromatic N) is 2. The van der Waals surface area contributed by atoms with E-state index in [4.69, 9.17) is 11.5 Å². The number of esters is 1. The van der Waals surface area contributed by atoms with Crippen LogP contribution in [-0.4, -0.2) is 36.0 Å². The van der Waals surface area contributed by atoms with Gasteiger partial charge in [-0.05, 0) is 24.3 Å². The lowest BCUT2D eigenvalue weighted by Crippen LogP contribution is -2.18. The summed E-state index contributed by atoms with van der Waals surface area (Å²) in [6.45, 7) is 0. The van der Waals surface area contributed by atoms with Crippen molar-refractivity contribution in [2.45, 2.75) is 0 Å². The van der Waals surface area contributed by atoms with Crippen molar-refractivity contribution in [2.24, 2.45) is 0 Å². The number of hydrogen-bond acceptors (Lipinski definition) is 7. The summed E-state index contributed by atoms with van der Waals surface area (Å²) in [6, 6.07) is 6.33. The molecular weight excluding hydrogens is 286 g/mol. The van der Waals surface area contributed by atoms with Crippen LogP contribution in [0.1, 0.15) is 21.0 Å². The van der Waals surface area contributed by atoms with Crippen LogP contribution in [0.2, 0.25) is 0 Å². The van der Waals surface area contributed by atoms with E-state index in [1.54, 1.807) is 25.2 Å². The van der Waals surface area contributed by atoms with Gasteiger partial charge in [-0.1, -0.05) is 0 Å². The molecule has 2 rings (SSSR count). The lowest BCUT2D eigenvalue weighted by Gasteiger charge is -1.97. The molecule has 2 heterocycles. The number of anilines is 2. The van der Waals surface area contributed by atoms with Gasteiger partial charge in [0.2, 0.25) is 0 Å². The second kappa shape index (κ2) is 8.20. The summed E-state index contributed by atoms with van der Waals surface area (Å²) in [4.78, 5) is 29.3. The molecule has 5 N–H and O–H groups in total. The molecule has 116 valence electrons. The molecule has 2 aromatic heterocycles. The molecule has 0 aliphatic carbocycles. The maximum Gasteiger partial charge on any atom is 0.356 e. The summed E-state index contributed by atoms with van der Waals surface area (Å²) in [5.74, 6) is -0.657. The van der Waals surface area contributed by atoms with Gasteiger partial charge in [-0.25, -0.2) is 14.8 Å². The van der Waals surface area contributed by atoms with Gasteiger partial charge in [0.05, 0.1) is 30.9 Å². The van der Waals surface area contributed by atoms with Gasteiger partial charge in [-0.3, -0.25) is 4.79 Å². The van der Waals surface area contributed by atoms with Gasteiger partial charge < -0.3 is 21.5 Å². The first-order chi connectivity index (χ1) is 10.5. The van der Waals surface area contributed by atoms with Gasteiger partial charge in [-0.15, -0.1) is 0 Å². The Kier molecular flexibility index (Phi) is 6.30. The Labute approximate surface area is 127 Å². The quantitative estimate of drug-likeness (QED) is 0.687. The SMILES string of the molecule is CNC(=O)c1ccc(N)cn1.COC(=O)c1ccc(N)cn1. The Morgan fingerprint density at radius 3 is 1.86 bits per heavy atom. The van der Waals surface area contributed by atoms with E-state index in [-0.39, 0.29) is 11.6 Å². The van der Waals surface area contributed by atoms with E-state index >= 15 is 0 Å². The number of nitrogens with two attached hydrogens (primary N) is 2. The van der Waals surface area contributed by atoms with Crippen molar-refractivity contribution < 1.29 is 14.3 Å². The number of methoxy groups -OCH3 is 1. The zero-order valence-corrected chi connectivity index (χ0v) is 12.2. The van der Waals surface area contributed by atoms with Crippen molar-refractivity contribution in [2.75, 3.05) is 25.6 Å². The highest BCUT2D eigenvalue weighted by atomic mass is 16.5. The van der Waals surface area contributed by atoms with E-state index in [0.29, 0.717) is 17.1 Å². The molecule has 0 atom stereocenters. The minimum absolute atomic E-state index is 0.204. The molecule has 8 heteroatoms. The number of pyridine rings is 2. The van der Waals surface area contributed by atoms with Crippen molar-refractivity contribution in [1.29, 1.82) is 0 Å². The number of carbonyl (C=O) groups excluding carboxylic acids is 2. The second-order valence-electron chi connectivity index (χ2n) is 4.02. The predicted octanol–water partition coefficient (Wildman–Crippen LogP) is 0.474. The average Bonchev–Trinajstić information content (AvgIpc) is 2.55. The first-order valence-corrected chi connectivity index (χ1v) is 6.21. The molecule has 0 aliphatic heterocycles. The smallest absolute Gasteiger partial charge is 0.356 e. The lowest BCUT2D eigenvalue weighted by atomic mass is 10.3. The molecule has 0 saturated carbocycles. The summed E-state index contributed by atoms with van der Waals surface area (Å²) in [5.41, 5.74) is 12.4. The fourth-order valence-electron chi connectivity index (χ4n) is 1.30. The highest BCUT2D eigenvalue weighted by Gasteiger charge is 2.04. The third-order valence-corrected chi connectivity index (χ3v) is 2.43. The molecule has 0 spiro atoms. The fourth-order valence-corrected chi connectivity index (χ4v) is 1.30. The Morgan fingerprint density at radius 2 is 1.50 bits per heavy atom. The monoisotopic (exact) mass is 303 g/mol. The normalized spacial score (nSPS) is 9.18. The molecule has 2 aromatic rings. The largest absolute Gasteiger partial charge is 0.464 e. The fraction of sp³-hybridized carbons (Fsp3) is 0.143. The second-order valence-corrected chi connectivity index (χ2v) is 4.02. The summed E-state index contributed by atoms with van der Waals surface area (Å²) in [5, 5.41) is 2.46. The van der Waals surface area contributed by atoms with Gasteiger partial charge in [0, 0.05) is 7.05 Å². The van der Waals surface area contributed by atoms with Crippen LogP contribution in [0.3, 0.4) is 0 Å². The summed E-state index contributed by atoms with van der Waals surface area (Å²) < 4.78 is 4.43. The minimum atomic E-state index is -0.454. The molecule has 0 aliphatic rings. The summed E-state index contributed by atoms with van der Waals surface area (Å²) in [6.07, 6.45) is 2.86. The van der Waals surface area contributed by atoms with Gasteiger partial charge in [0.25, 0.3) is 5.91 Å². The highest BCUT2D eigenvalue weighted by Crippen LogP contribution is 2.01. The first-order valence-electron chi connectivity index (χ1n) is 6.21. The number of nitrogens with one attached hydrogen (secondary N) is 1. The number of aromatic nitrogens is 2. The predicted molar refractivity (Wildman–Crippen MR) is 82.0 cm³/mol. The van der Waals surface area contributed by atoms with Gasteiger partial charge in [0.1, 0.15) is 11.4 Å². The van der Waals surface area contributed by atoms with Crippen LogP contribution in [-0.2, 0) is 4.74 Å². The summed E-state index contributed by atoms with van der Waals surface area (Å²) >= 11 is 0. The van der Waals surface area contributed by atoms with E-state index in [2.05, 4.69) is 20.0 Å². The van der Waals surface area contributed by atoms with Crippen molar-refractivity contribution in [1.82, 2.24) is 15.3 Å². The molecule has 1 amide bonds. The third-order valence-electron chi connectivity index (χ3n) is 2.43. The van der Waals surface area contributed by atoms with Crippen LogP contribution in [0.4, 0.5) is 11.4 Å². The zero-order chi connectivity index (χ0) is 16.5. The van der Waals surface area contributed by atoms with Gasteiger partial charge in [-0.2, -0.15) is 0 Å². The molecule has 0 fully saturated rings. The number of amides is 1. The van der Waals surface area contributed by atoms with Gasteiger partial charge in [0.15, 0.2) is 0 Å². The van der Waals surface area contributed by atoms with E-state index in [1.807, 2.05) is 0 Å². The molecule has 8 nitrogen and oxygen atoms in total. The molecular formula is C14H17N5O3. The first kappa shape index (κ1) is 16.9. The number of hydrogen-bond donors (Lipinski definition) is 3. The van der Waals surface area contributed by atoms with Crippen LogP contribution < -0.4 is 16.8 Å². The molecule has 0 aromatic carbocycles. The lowest BCUT2D eigenvalue weighted by molar-refractivity contribution is 0.0594. The number of rotatable bonds is 2. The average molecular weight is 303 g/mol. The van der Waals surface area contributed by atoms with Crippen LogP contribution in [0, 0.1) is 0 Å². The third kappa shape index (κ3) is 5.08. The van der Waals surface area contributed by atoms with E-state index in [0.717, 1.165) is 0 Å². The summed E-state index contributed by atoms with van der Waals surface area (Å²) in [7, 11) is 2.86. The van der Waals surface area contributed by atoms with Crippen LogP contribution in [0.15, 0.2) is 36.7 Å². The Bertz CT molecular complexity index is 568. The van der Waals surface area contributed by atoms with Crippen LogP contribution in [0.5, 0.6) is 0 Å². The Balaban J connectivity index is 0.000000220. The molecule has 0 unspecified atom stereocenters. The van der Waals surface area contributed by atoms with E-state index in [9.17, 15) is 9.59 Å². The van der Waals surface area contributed by atoms with Crippen molar-refractivity contribution in [3.05, 3.63) is 48.0 Å². The van der Waals surface area contributed by atoms with Crippen LogP contribution in [0.25, 0.3) is 0 Å². The molecule has 22 heavy (non-hydrogen) atoms. The zero-order valence-electron chi connectivity index (χ0n) is 12.2. The minimum Gasteiger partial charge on any atom is -0.464 e. The molecule has 0 bridgehead atoms. The number of nitrogen functional groups attached to an aromatic ring is 2. The number of carbonyl (C=O) groups is 2. The Hall–Kier alpha value is -3.16. The maximum absolute atomic E-state index is 10.9. The van der Waals surface area contributed by atoms with E-state index in [1.165, 1.54) is 25.6 Å². The van der Waals surface area contributed by atoms with Crippen molar-refractivity contribution in [3.8, 4) is 0 Å². The van der Waals surface area contributed by atoms with E-state index < -0.39 is 5.97 Å². The maximum atomic E-state index is 10.9. The number of ether oxygens (including phenoxy) is 1.